The van der Waals surface area contributed by atoms with Crippen LogP contribution < -0.4 is 5.32 Å². The lowest BCUT2D eigenvalue weighted by molar-refractivity contribution is -0.148. The van der Waals surface area contributed by atoms with Crippen molar-refractivity contribution >= 4 is 35.4 Å². The summed E-state index contributed by atoms with van der Waals surface area (Å²) >= 11 is 1.66. The largest absolute Gasteiger partial charge is 0.449 e. The molecule has 0 saturated heterocycles. The van der Waals surface area contributed by atoms with Gasteiger partial charge >= 0.3 is 5.97 Å². The minimum Gasteiger partial charge on any atom is -0.449 e. The van der Waals surface area contributed by atoms with Crippen LogP contribution in [-0.4, -0.2) is 24.2 Å². The summed E-state index contributed by atoms with van der Waals surface area (Å²) in [6.45, 7) is 5.42. The van der Waals surface area contributed by atoms with Crippen LogP contribution in [-0.2, 0) is 14.3 Å². The zero-order valence-electron chi connectivity index (χ0n) is 15.4. The van der Waals surface area contributed by atoms with Crippen molar-refractivity contribution in [2.24, 2.45) is 0 Å². The normalized spacial score (nSPS) is 12.0. The van der Waals surface area contributed by atoms with E-state index in [1.165, 1.54) is 6.08 Å². The molecule has 1 amide bonds. The van der Waals surface area contributed by atoms with E-state index in [1.807, 2.05) is 62.6 Å². The smallest absolute Gasteiger partial charge is 0.331 e. The van der Waals surface area contributed by atoms with Crippen LogP contribution in [0.4, 0.5) is 5.69 Å². The Morgan fingerprint density at radius 3 is 2.46 bits per heavy atom. The first-order valence-corrected chi connectivity index (χ1v) is 9.52. The van der Waals surface area contributed by atoms with Crippen LogP contribution in [0, 0.1) is 13.8 Å². The van der Waals surface area contributed by atoms with Gasteiger partial charge in [0, 0.05) is 16.7 Å². The van der Waals surface area contributed by atoms with Crippen molar-refractivity contribution < 1.29 is 14.3 Å². The Kier molecular flexibility index (Phi) is 7.04. The molecule has 0 saturated carbocycles. The molecule has 0 heterocycles. The van der Waals surface area contributed by atoms with Gasteiger partial charge in [-0.05, 0) is 68.0 Å². The third kappa shape index (κ3) is 5.77. The second-order valence-corrected chi connectivity index (χ2v) is 6.87. The number of esters is 1. The maximum absolute atomic E-state index is 12.2. The molecule has 2 rings (SSSR count). The van der Waals surface area contributed by atoms with E-state index in [0.717, 1.165) is 27.3 Å². The van der Waals surface area contributed by atoms with Crippen molar-refractivity contribution in [3.8, 4) is 0 Å². The van der Waals surface area contributed by atoms with E-state index in [9.17, 15) is 9.59 Å². The second-order valence-electron chi connectivity index (χ2n) is 5.99. The van der Waals surface area contributed by atoms with Gasteiger partial charge in [0.05, 0.1) is 0 Å². The first kappa shape index (κ1) is 19.8. The first-order chi connectivity index (χ1) is 12.4. The van der Waals surface area contributed by atoms with Gasteiger partial charge in [0.2, 0.25) is 0 Å². The monoisotopic (exact) mass is 369 g/mol. The number of ether oxygens (including phenoxy) is 1. The predicted molar refractivity (Wildman–Crippen MR) is 107 cm³/mol. The zero-order valence-corrected chi connectivity index (χ0v) is 16.2. The number of anilines is 1. The number of carbonyl (C=O) groups is 2. The van der Waals surface area contributed by atoms with Gasteiger partial charge in [0.25, 0.3) is 5.91 Å². The summed E-state index contributed by atoms with van der Waals surface area (Å²) in [6.07, 6.45) is 4.12. The van der Waals surface area contributed by atoms with Crippen molar-refractivity contribution in [2.75, 3.05) is 11.6 Å². The minimum absolute atomic E-state index is 0.357. The topological polar surface area (TPSA) is 55.4 Å². The van der Waals surface area contributed by atoms with Crippen molar-refractivity contribution in [2.45, 2.75) is 31.8 Å². The van der Waals surface area contributed by atoms with Gasteiger partial charge in [-0.1, -0.05) is 24.3 Å². The Balaban J connectivity index is 1.91. The van der Waals surface area contributed by atoms with Crippen LogP contribution in [0.2, 0.25) is 0 Å². The molecule has 1 atom stereocenters. The SMILES string of the molecule is CSc1ccc(/C=C/C(=O)O[C@H](C)C(=O)Nc2cc(C)ccc2C)cc1. The van der Waals surface area contributed by atoms with E-state index in [1.54, 1.807) is 24.8 Å². The molecule has 2 aromatic rings. The number of rotatable bonds is 6. The van der Waals surface area contributed by atoms with Gasteiger partial charge in [-0.3, -0.25) is 4.79 Å². The average Bonchev–Trinajstić information content (AvgIpc) is 2.63. The van der Waals surface area contributed by atoms with Gasteiger partial charge in [-0.15, -0.1) is 11.8 Å². The lowest BCUT2D eigenvalue weighted by atomic mass is 10.1. The van der Waals surface area contributed by atoms with E-state index in [-0.39, 0.29) is 5.91 Å². The average molecular weight is 369 g/mol. The van der Waals surface area contributed by atoms with E-state index in [0.29, 0.717) is 0 Å². The number of amides is 1. The van der Waals surface area contributed by atoms with E-state index in [2.05, 4.69) is 5.32 Å². The number of hydrogen-bond donors (Lipinski definition) is 1. The summed E-state index contributed by atoms with van der Waals surface area (Å²) in [6, 6.07) is 13.6. The molecule has 0 bridgehead atoms. The number of thioether (sulfide) groups is 1. The third-order valence-corrected chi connectivity index (χ3v) is 4.58. The van der Waals surface area contributed by atoms with Crippen LogP contribution in [0.1, 0.15) is 23.6 Å². The maximum Gasteiger partial charge on any atom is 0.331 e. The van der Waals surface area contributed by atoms with Crippen molar-refractivity contribution in [3.05, 3.63) is 65.2 Å². The molecule has 1 N–H and O–H groups in total. The lowest BCUT2D eigenvalue weighted by Crippen LogP contribution is -2.29. The Bertz CT molecular complexity index is 813. The molecule has 0 aliphatic carbocycles. The predicted octanol–water partition coefficient (Wildman–Crippen LogP) is 4.61. The summed E-state index contributed by atoms with van der Waals surface area (Å²) in [5, 5.41) is 2.80. The molecule has 0 aromatic heterocycles. The molecule has 0 spiro atoms. The highest BCUT2D eigenvalue weighted by atomic mass is 32.2. The Morgan fingerprint density at radius 1 is 1.12 bits per heavy atom. The molecule has 2 aromatic carbocycles. The van der Waals surface area contributed by atoms with Crippen LogP contribution in [0.5, 0.6) is 0 Å². The highest BCUT2D eigenvalue weighted by Gasteiger charge is 2.17. The molecule has 0 aliphatic heterocycles. The molecule has 0 fully saturated rings. The zero-order chi connectivity index (χ0) is 19.1. The molecule has 5 heteroatoms. The van der Waals surface area contributed by atoms with Gasteiger partial charge in [-0.25, -0.2) is 4.79 Å². The lowest BCUT2D eigenvalue weighted by Gasteiger charge is -2.14. The van der Waals surface area contributed by atoms with Crippen LogP contribution in [0.25, 0.3) is 6.08 Å². The fourth-order valence-electron chi connectivity index (χ4n) is 2.25. The number of benzene rings is 2. The highest BCUT2D eigenvalue weighted by molar-refractivity contribution is 7.98. The molecule has 0 radical (unpaired) electrons. The molecule has 4 nitrogen and oxygen atoms in total. The summed E-state index contributed by atoms with van der Waals surface area (Å²) in [5.41, 5.74) is 3.62. The molecular weight excluding hydrogens is 346 g/mol. The highest BCUT2D eigenvalue weighted by Crippen LogP contribution is 2.17. The summed E-state index contributed by atoms with van der Waals surface area (Å²) in [4.78, 5) is 25.3. The van der Waals surface area contributed by atoms with Gasteiger partial charge < -0.3 is 10.1 Å². The maximum atomic E-state index is 12.2. The van der Waals surface area contributed by atoms with Crippen molar-refractivity contribution in [1.29, 1.82) is 0 Å². The van der Waals surface area contributed by atoms with Crippen LogP contribution >= 0.6 is 11.8 Å². The fraction of sp³-hybridized carbons (Fsp3) is 0.238. The molecule has 0 aliphatic rings. The van der Waals surface area contributed by atoms with E-state index in [4.69, 9.17) is 4.74 Å². The number of carbonyl (C=O) groups excluding carboxylic acids is 2. The quantitative estimate of drug-likeness (QED) is 0.459. The first-order valence-electron chi connectivity index (χ1n) is 8.30. The number of nitrogens with one attached hydrogen (secondary N) is 1. The van der Waals surface area contributed by atoms with E-state index < -0.39 is 12.1 Å². The third-order valence-electron chi connectivity index (χ3n) is 3.84. The van der Waals surface area contributed by atoms with Crippen LogP contribution in [0.15, 0.2) is 53.4 Å². The fourth-order valence-corrected chi connectivity index (χ4v) is 2.66. The summed E-state index contributed by atoms with van der Waals surface area (Å²) in [5.74, 6) is -0.910. The molecule has 136 valence electrons. The Morgan fingerprint density at radius 2 is 1.81 bits per heavy atom. The number of hydrogen-bond acceptors (Lipinski definition) is 4. The minimum atomic E-state index is -0.883. The summed E-state index contributed by atoms with van der Waals surface area (Å²) in [7, 11) is 0. The van der Waals surface area contributed by atoms with E-state index >= 15 is 0 Å². The summed E-state index contributed by atoms with van der Waals surface area (Å²) < 4.78 is 5.18. The van der Waals surface area contributed by atoms with Crippen LogP contribution in [0.3, 0.4) is 0 Å². The van der Waals surface area contributed by atoms with Crippen molar-refractivity contribution in [3.63, 3.8) is 0 Å². The van der Waals surface area contributed by atoms with Gasteiger partial charge in [-0.2, -0.15) is 0 Å². The van der Waals surface area contributed by atoms with Crippen molar-refractivity contribution in [1.82, 2.24) is 0 Å². The molecule has 26 heavy (non-hydrogen) atoms. The van der Waals surface area contributed by atoms with Gasteiger partial charge in [0.1, 0.15) is 0 Å². The Labute approximate surface area is 158 Å². The molecule has 0 unspecified atom stereocenters. The molecular formula is C21H23NO3S. The standard InChI is InChI=1S/C21H23NO3S/c1-14-5-6-15(2)19(13-14)22-21(24)16(3)25-20(23)12-9-17-7-10-18(26-4)11-8-17/h5-13,16H,1-4H3,(H,22,24)/b12-9+/t16-/m1/s1. The second kappa shape index (κ2) is 9.25. The van der Waals surface area contributed by atoms with Gasteiger partial charge in [0.15, 0.2) is 6.10 Å². The number of aryl methyl sites for hydroxylation is 2. The Hall–Kier alpha value is -2.53.